The van der Waals surface area contributed by atoms with Crippen molar-refractivity contribution in [1.82, 2.24) is 0 Å². The topological polar surface area (TPSA) is 20.2 Å². The second-order valence-electron chi connectivity index (χ2n) is 4.16. The van der Waals surface area contributed by atoms with Crippen molar-refractivity contribution >= 4 is 11.6 Å². The highest BCUT2D eigenvalue weighted by atomic mass is 35.5. The van der Waals surface area contributed by atoms with Gasteiger partial charge in [0.25, 0.3) is 0 Å². The van der Waals surface area contributed by atoms with Crippen LogP contribution in [-0.2, 0) is 6.42 Å². The van der Waals surface area contributed by atoms with Gasteiger partial charge in [0.2, 0.25) is 0 Å². The molecule has 94 valence electrons. The van der Waals surface area contributed by atoms with Gasteiger partial charge < -0.3 is 5.11 Å². The molecule has 0 aliphatic carbocycles. The zero-order valence-corrected chi connectivity index (χ0v) is 10.8. The fraction of sp³-hybridized carbons (Fsp3) is 0.200. The Morgan fingerprint density at radius 1 is 1.17 bits per heavy atom. The molecule has 0 aromatic heterocycles. The van der Waals surface area contributed by atoms with Crippen LogP contribution >= 0.6 is 11.6 Å². The van der Waals surface area contributed by atoms with Crippen molar-refractivity contribution < 1.29 is 9.50 Å². The molecule has 3 heteroatoms. The molecule has 1 N–H and O–H groups in total. The Labute approximate surface area is 111 Å². The smallest absolute Gasteiger partial charge is 0.130 e. The van der Waals surface area contributed by atoms with Gasteiger partial charge in [0, 0.05) is 10.6 Å². The maximum absolute atomic E-state index is 13.7. The van der Waals surface area contributed by atoms with E-state index in [4.69, 9.17) is 11.6 Å². The van der Waals surface area contributed by atoms with Crippen LogP contribution in [0.1, 0.15) is 29.7 Å². The second kappa shape index (κ2) is 5.51. The van der Waals surface area contributed by atoms with Gasteiger partial charge >= 0.3 is 0 Å². The fourth-order valence-electron chi connectivity index (χ4n) is 1.84. The summed E-state index contributed by atoms with van der Waals surface area (Å²) in [4.78, 5) is 0. The summed E-state index contributed by atoms with van der Waals surface area (Å²) in [6.45, 7) is 2.06. The van der Waals surface area contributed by atoms with E-state index in [0.717, 1.165) is 6.42 Å². The van der Waals surface area contributed by atoms with Crippen molar-refractivity contribution in [2.45, 2.75) is 19.4 Å². The lowest BCUT2D eigenvalue weighted by Crippen LogP contribution is -2.02. The molecule has 2 rings (SSSR count). The highest BCUT2D eigenvalue weighted by molar-refractivity contribution is 6.30. The van der Waals surface area contributed by atoms with Gasteiger partial charge in [-0.05, 0) is 29.7 Å². The maximum Gasteiger partial charge on any atom is 0.130 e. The molecule has 18 heavy (non-hydrogen) atoms. The molecule has 1 nitrogen and oxygen atoms in total. The molecular weight excluding hydrogens is 251 g/mol. The van der Waals surface area contributed by atoms with Crippen LogP contribution in [0.3, 0.4) is 0 Å². The van der Waals surface area contributed by atoms with E-state index in [2.05, 4.69) is 6.92 Å². The number of rotatable bonds is 3. The van der Waals surface area contributed by atoms with E-state index >= 15 is 0 Å². The molecule has 0 amide bonds. The van der Waals surface area contributed by atoms with Gasteiger partial charge in [0.15, 0.2) is 0 Å². The van der Waals surface area contributed by atoms with Gasteiger partial charge in [-0.1, -0.05) is 48.9 Å². The van der Waals surface area contributed by atoms with Gasteiger partial charge in [-0.15, -0.1) is 0 Å². The van der Waals surface area contributed by atoms with Gasteiger partial charge in [0.1, 0.15) is 11.9 Å². The Morgan fingerprint density at radius 2 is 1.83 bits per heavy atom. The lowest BCUT2D eigenvalue weighted by molar-refractivity contribution is 0.215. The second-order valence-corrected chi connectivity index (χ2v) is 4.60. The van der Waals surface area contributed by atoms with Crippen LogP contribution in [0.25, 0.3) is 0 Å². The third-order valence-electron chi connectivity index (χ3n) is 2.96. The van der Waals surface area contributed by atoms with Crippen molar-refractivity contribution in [3.63, 3.8) is 0 Å². The first kappa shape index (κ1) is 13.1. The third kappa shape index (κ3) is 2.71. The summed E-state index contributed by atoms with van der Waals surface area (Å²) >= 11 is 5.69. The largest absolute Gasteiger partial charge is 0.384 e. The lowest BCUT2D eigenvalue weighted by atomic mass is 9.99. The van der Waals surface area contributed by atoms with Crippen LogP contribution in [-0.4, -0.2) is 5.11 Å². The number of aryl methyl sites for hydroxylation is 1. The molecule has 2 aromatic carbocycles. The quantitative estimate of drug-likeness (QED) is 0.884. The predicted octanol–water partition coefficient (Wildman–Crippen LogP) is 4.12. The Hall–Kier alpha value is -1.38. The minimum Gasteiger partial charge on any atom is -0.384 e. The van der Waals surface area contributed by atoms with Crippen LogP contribution in [0.5, 0.6) is 0 Å². The van der Waals surface area contributed by atoms with E-state index in [1.807, 2.05) is 24.3 Å². The average Bonchev–Trinajstić information content (AvgIpc) is 2.38. The molecule has 0 saturated heterocycles. The monoisotopic (exact) mass is 264 g/mol. The summed E-state index contributed by atoms with van der Waals surface area (Å²) in [6.07, 6.45) is -0.0285. The van der Waals surface area contributed by atoms with Gasteiger partial charge in [-0.25, -0.2) is 4.39 Å². The van der Waals surface area contributed by atoms with Gasteiger partial charge in [0.05, 0.1) is 0 Å². The van der Waals surface area contributed by atoms with Crippen molar-refractivity contribution in [3.8, 4) is 0 Å². The Bertz CT molecular complexity index is 537. The van der Waals surface area contributed by atoms with E-state index in [-0.39, 0.29) is 5.56 Å². The molecule has 0 spiro atoms. The summed E-state index contributed by atoms with van der Waals surface area (Å²) in [5, 5.41) is 10.5. The number of aliphatic hydroxyl groups excluding tert-OH is 1. The van der Waals surface area contributed by atoms with Gasteiger partial charge in [-0.3, -0.25) is 0 Å². The summed E-state index contributed by atoms with van der Waals surface area (Å²) in [5.41, 5.74) is 2.10. The van der Waals surface area contributed by atoms with Crippen LogP contribution in [0.15, 0.2) is 42.5 Å². The molecule has 2 aromatic rings. The van der Waals surface area contributed by atoms with E-state index in [1.165, 1.54) is 17.7 Å². The summed E-state index contributed by atoms with van der Waals surface area (Å²) in [5.74, 6) is -0.491. The SMILES string of the molecule is CCc1ccc(C(O)c2ccc(Cl)cc2F)cc1. The first-order chi connectivity index (χ1) is 8.61. The molecule has 0 aliphatic rings. The van der Waals surface area contributed by atoms with Crippen LogP contribution < -0.4 is 0 Å². The molecule has 0 heterocycles. The number of aliphatic hydroxyl groups is 1. The third-order valence-corrected chi connectivity index (χ3v) is 3.20. The molecule has 0 radical (unpaired) electrons. The molecule has 0 bridgehead atoms. The minimum atomic E-state index is -0.965. The Kier molecular flexibility index (Phi) is 4.00. The first-order valence-corrected chi connectivity index (χ1v) is 6.21. The summed E-state index contributed by atoms with van der Waals surface area (Å²) in [7, 11) is 0. The molecule has 1 atom stereocenters. The van der Waals surface area contributed by atoms with Crippen LogP contribution in [0.4, 0.5) is 4.39 Å². The van der Waals surface area contributed by atoms with Crippen molar-refractivity contribution in [2.24, 2.45) is 0 Å². The number of halogens is 2. The summed E-state index contributed by atoms with van der Waals surface area (Å²) < 4.78 is 13.7. The Balaban J connectivity index is 2.31. The fourth-order valence-corrected chi connectivity index (χ4v) is 2.00. The molecule has 1 unspecified atom stereocenters. The molecule has 0 fully saturated rings. The minimum absolute atomic E-state index is 0.239. The number of benzene rings is 2. The average molecular weight is 265 g/mol. The van der Waals surface area contributed by atoms with E-state index < -0.39 is 11.9 Å². The van der Waals surface area contributed by atoms with Gasteiger partial charge in [-0.2, -0.15) is 0 Å². The van der Waals surface area contributed by atoms with E-state index in [0.29, 0.717) is 10.6 Å². The van der Waals surface area contributed by atoms with E-state index in [9.17, 15) is 9.50 Å². The predicted molar refractivity (Wildman–Crippen MR) is 71.3 cm³/mol. The molecule has 0 saturated carbocycles. The van der Waals surface area contributed by atoms with Crippen molar-refractivity contribution in [2.75, 3.05) is 0 Å². The van der Waals surface area contributed by atoms with Crippen molar-refractivity contribution in [1.29, 1.82) is 0 Å². The van der Waals surface area contributed by atoms with Crippen LogP contribution in [0, 0.1) is 5.82 Å². The lowest BCUT2D eigenvalue weighted by Gasteiger charge is -2.13. The highest BCUT2D eigenvalue weighted by Crippen LogP contribution is 2.26. The standard InChI is InChI=1S/C15H14ClFO/c1-2-10-3-5-11(6-4-10)15(18)13-8-7-12(16)9-14(13)17/h3-9,15,18H,2H2,1H3. The maximum atomic E-state index is 13.7. The first-order valence-electron chi connectivity index (χ1n) is 5.83. The molecule has 0 aliphatic heterocycles. The zero-order chi connectivity index (χ0) is 13.1. The number of hydrogen-bond donors (Lipinski definition) is 1. The number of hydrogen-bond acceptors (Lipinski definition) is 1. The van der Waals surface area contributed by atoms with Crippen molar-refractivity contribution in [3.05, 3.63) is 70.0 Å². The van der Waals surface area contributed by atoms with Crippen LogP contribution in [0.2, 0.25) is 5.02 Å². The zero-order valence-electron chi connectivity index (χ0n) is 10.0. The summed E-state index contributed by atoms with van der Waals surface area (Å²) in [6, 6.07) is 11.8. The highest BCUT2D eigenvalue weighted by Gasteiger charge is 2.15. The normalized spacial score (nSPS) is 12.4. The Morgan fingerprint density at radius 3 is 2.39 bits per heavy atom. The van der Waals surface area contributed by atoms with E-state index in [1.54, 1.807) is 6.07 Å². The molecular formula is C15H14ClFO.